The summed E-state index contributed by atoms with van der Waals surface area (Å²) >= 11 is 0. The van der Waals surface area contributed by atoms with Crippen molar-refractivity contribution < 1.29 is 17.9 Å². The molecule has 1 aromatic carbocycles. The summed E-state index contributed by atoms with van der Waals surface area (Å²) in [6.07, 6.45) is 2.13. The summed E-state index contributed by atoms with van der Waals surface area (Å²) in [6, 6.07) is 7.78. The lowest BCUT2D eigenvalue weighted by Crippen LogP contribution is -2.20. The number of unbranched alkanes of at least 4 members (excludes halogenated alkanes) is 1. The lowest BCUT2D eigenvalue weighted by molar-refractivity contribution is 0.386. The largest absolute Gasteiger partial charge is 0.497 e. The minimum absolute atomic E-state index is 0.00765. The van der Waals surface area contributed by atoms with Crippen molar-refractivity contribution in [3.8, 4) is 11.5 Å². The quantitative estimate of drug-likeness (QED) is 0.714. The fraction of sp³-hybridized carbons (Fsp3) is 0.412. The number of aromatic nitrogens is 2. The second-order valence-electron chi connectivity index (χ2n) is 5.67. The zero-order valence-corrected chi connectivity index (χ0v) is 16.2. The molecule has 0 aliphatic rings. The number of nitrogens with one attached hydrogen (secondary N) is 1. The smallest absolute Gasteiger partial charge is 0.266 e. The Morgan fingerprint density at radius 2 is 1.88 bits per heavy atom. The van der Waals surface area contributed by atoms with Crippen molar-refractivity contribution in [3.63, 3.8) is 0 Å². The van der Waals surface area contributed by atoms with Crippen LogP contribution in [0.5, 0.6) is 11.5 Å². The third kappa shape index (κ3) is 4.75. The molecule has 0 aliphatic heterocycles. The van der Waals surface area contributed by atoms with Crippen molar-refractivity contribution in [2.24, 2.45) is 0 Å². The molecule has 2 rings (SSSR count). The Balaban J connectivity index is 2.19. The first-order valence-corrected chi connectivity index (χ1v) is 9.69. The molecule has 1 heterocycles. The summed E-state index contributed by atoms with van der Waals surface area (Å²) < 4.78 is 37.9. The fourth-order valence-electron chi connectivity index (χ4n) is 2.28. The molecule has 0 spiro atoms. The first-order chi connectivity index (χ1) is 12.4. The number of anilines is 2. The van der Waals surface area contributed by atoms with Crippen molar-refractivity contribution >= 4 is 21.7 Å². The molecule has 2 aromatic rings. The summed E-state index contributed by atoms with van der Waals surface area (Å²) in [4.78, 5) is 1.97. The molecular formula is C17H24N4O4S. The lowest BCUT2D eigenvalue weighted by atomic mass is 10.3. The number of sulfonamides is 1. The maximum absolute atomic E-state index is 12.6. The van der Waals surface area contributed by atoms with Gasteiger partial charge in [0, 0.05) is 19.7 Å². The highest BCUT2D eigenvalue weighted by atomic mass is 32.2. The molecule has 8 nitrogen and oxygen atoms in total. The molecule has 0 saturated heterocycles. The van der Waals surface area contributed by atoms with E-state index >= 15 is 0 Å². The van der Waals surface area contributed by atoms with E-state index < -0.39 is 10.0 Å². The summed E-state index contributed by atoms with van der Waals surface area (Å²) in [6.45, 7) is 2.98. The van der Waals surface area contributed by atoms with Crippen LogP contribution in [-0.2, 0) is 10.0 Å². The summed E-state index contributed by atoms with van der Waals surface area (Å²) in [7, 11) is 0.941. The molecule has 1 N–H and O–H groups in total. The van der Waals surface area contributed by atoms with Crippen molar-refractivity contribution in [3.05, 3.63) is 30.3 Å². The maximum Gasteiger partial charge on any atom is 0.266 e. The average molecular weight is 380 g/mol. The van der Waals surface area contributed by atoms with Gasteiger partial charge in [0.1, 0.15) is 16.4 Å². The van der Waals surface area contributed by atoms with Crippen LogP contribution in [0.15, 0.2) is 35.2 Å². The van der Waals surface area contributed by atoms with Crippen molar-refractivity contribution in [1.82, 2.24) is 10.2 Å². The number of rotatable bonds is 9. The highest BCUT2D eigenvalue weighted by Crippen LogP contribution is 2.29. The van der Waals surface area contributed by atoms with Gasteiger partial charge in [-0.2, -0.15) is 0 Å². The molecule has 0 fully saturated rings. The standard InChI is InChI=1S/C17H24N4O4S/c1-5-6-11-21(2)17-10-9-16(18-19-17)20-26(22,23)15-8-7-13(24-3)12-14(15)25-4/h7-10,12H,5-6,11H2,1-4H3,(H,18,20). The van der Waals surface area contributed by atoms with E-state index in [4.69, 9.17) is 9.47 Å². The van der Waals surface area contributed by atoms with E-state index in [1.54, 1.807) is 18.2 Å². The third-order valence-electron chi connectivity index (χ3n) is 3.79. The topological polar surface area (TPSA) is 93.7 Å². The van der Waals surface area contributed by atoms with Crippen LogP contribution in [0.2, 0.25) is 0 Å². The number of methoxy groups -OCH3 is 2. The van der Waals surface area contributed by atoms with E-state index in [2.05, 4.69) is 21.8 Å². The second kappa shape index (κ2) is 8.70. The zero-order valence-electron chi connectivity index (χ0n) is 15.4. The van der Waals surface area contributed by atoms with Gasteiger partial charge in [-0.3, -0.25) is 4.72 Å². The second-order valence-corrected chi connectivity index (χ2v) is 7.32. The Morgan fingerprint density at radius 3 is 2.46 bits per heavy atom. The van der Waals surface area contributed by atoms with E-state index in [1.807, 2.05) is 11.9 Å². The Kier molecular flexibility index (Phi) is 6.62. The van der Waals surface area contributed by atoms with E-state index in [-0.39, 0.29) is 16.5 Å². The van der Waals surface area contributed by atoms with E-state index in [1.165, 1.54) is 26.4 Å². The van der Waals surface area contributed by atoms with Gasteiger partial charge in [-0.1, -0.05) is 13.3 Å². The van der Waals surface area contributed by atoms with Gasteiger partial charge in [-0.25, -0.2) is 8.42 Å². The highest BCUT2D eigenvalue weighted by Gasteiger charge is 2.21. The maximum atomic E-state index is 12.6. The van der Waals surface area contributed by atoms with Crippen LogP contribution in [0, 0.1) is 0 Å². The van der Waals surface area contributed by atoms with E-state index in [9.17, 15) is 8.42 Å². The number of nitrogens with zero attached hydrogens (tertiary/aromatic N) is 3. The average Bonchev–Trinajstić information content (AvgIpc) is 2.65. The zero-order chi connectivity index (χ0) is 19.2. The lowest BCUT2D eigenvalue weighted by Gasteiger charge is -2.17. The van der Waals surface area contributed by atoms with Gasteiger partial charge in [0.25, 0.3) is 10.0 Å². The molecule has 0 atom stereocenters. The molecule has 26 heavy (non-hydrogen) atoms. The number of hydrogen-bond donors (Lipinski definition) is 1. The molecule has 0 saturated carbocycles. The molecule has 0 amide bonds. The van der Waals surface area contributed by atoms with Crippen LogP contribution in [-0.4, -0.2) is 46.4 Å². The van der Waals surface area contributed by atoms with Crippen LogP contribution in [0.4, 0.5) is 11.6 Å². The van der Waals surface area contributed by atoms with Gasteiger partial charge < -0.3 is 14.4 Å². The Bertz CT molecular complexity index is 825. The molecule has 9 heteroatoms. The number of benzene rings is 1. The highest BCUT2D eigenvalue weighted by molar-refractivity contribution is 7.92. The van der Waals surface area contributed by atoms with Crippen LogP contribution in [0.25, 0.3) is 0 Å². The van der Waals surface area contributed by atoms with E-state index in [0.717, 1.165) is 19.4 Å². The Morgan fingerprint density at radius 1 is 1.12 bits per heavy atom. The monoisotopic (exact) mass is 380 g/mol. The van der Waals surface area contributed by atoms with Gasteiger partial charge in [0.05, 0.1) is 14.2 Å². The number of ether oxygens (including phenoxy) is 2. The van der Waals surface area contributed by atoms with Crippen LogP contribution in [0.3, 0.4) is 0 Å². The van der Waals surface area contributed by atoms with Gasteiger partial charge in [-0.15, -0.1) is 10.2 Å². The van der Waals surface area contributed by atoms with Crippen molar-refractivity contribution in [2.75, 3.05) is 37.4 Å². The number of hydrogen-bond acceptors (Lipinski definition) is 7. The molecular weight excluding hydrogens is 356 g/mol. The molecule has 0 bridgehead atoms. The predicted molar refractivity (Wildman–Crippen MR) is 101 cm³/mol. The Labute approximate surface area is 154 Å². The molecule has 0 unspecified atom stereocenters. The minimum atomic E-state index is -3.88. The van der Waals surface area contributed by atoms with Crippen LogP contribution < -0.4 is 19.1 Å². The van der Waals surface area contributed by atoms with Crippen molar-refractivity contribution in [1.29, 1.82) is 0 Å². The van der Waals surface area contributed by atoms with Crippen LogP contribution in [0.1, 0.15) is 19.8 Å². The van der Waals surface area contributed by atoms with Gasteiger partial charge >= 0.3 is 0 Å². The normalized spacial score (nSPS) is 11.1. The van der Waals surface area contributed by atoms with Gasteiger partial charge in [0.15, 0.2) is 11.6 Å². The van der Waals surface area contributed by atoms with E-state index in [0.29, 0.717) is 11.6 Å². The Hall–Kier alpha value is -2.55. The summed E-state index contributed by atoms with van der Waals surface area (Å²) in [5.41, 5.74) is 0. The molecule has 0 aliphatic carbocycles. The molecule has 1 aromatic heterocycles. The first kappa shape index (κ1) is 19.8. The SMILES string of the molecule is CCCCN(C)c1ccc(NS(=O)(=O)c2ccc(OC)cc2OC)nn1. The molecule has 142 valence electrons. The fourth-order valence-corrected chi connectivity index (χ4v) is 3.43. The van der Waals surface area contributed by atoms with Crippen molar-refractivity contribution in [2.45, 2.75) is 24.7 Å². The summed E-state index contributed by atoms with van der Waals surface area (Å²) in [5.74, 6) is 1.50. The first-order valence-electron chi connectivity index (χ1n) is 8.21. The minimum Gasteiger partial charge on any atom is -0.497 e. The summed E-state index contributed by atoms with van der Waals surface area (Å²) in [5, 5.41) is 8.04. The third-order valence-corrected chi connectivity index (χ3v) is 5.18. The van der Waals surface area contributed by atoms with Gasteiger partial charge in [0.2, 0.25) is 0 Å². The van der Waals surface area contributed by atoms with Gasteiger partial charge in [-0.05, 0) is 30.7 Å². The predicted octanol–water partition coefficient (Wildman–Crippen LogP) is 2.53. The molecule has 0 radical (unpaired) electrons. The van der Waals surface area contributed by atoms with Crippen LogP contribution >= 0.6 is 0 Å².